The first-order chi connectivity index (χ1) is 10.6. The van der Waals surface area contributed by atoms with Crippen LogP contribution in [0.15, 0.2) is 29.8 Å². The van der Waals surface area contributed by atoms with E-state index in [-0.39, 0.29) is 24.3 Å². The average Bonchev–Trinajstić information content (AvgIpc) is 3.00. The Kier molecular flexibility index (Phi) is 4.15. The van der Waals surface area contributed by atoms with Crippen LogP contribution in [-0.4, -0.2) is 33.5 Å². The fourth-order valence-corrected chi connectivity index (χ4v) is 3.28. The molecule has 0 aliphatic carbocycles. The van der Waals surface area contributed by atoms with E-state index in [1.807, 2.05) is 18.2 Å². The van der Waals surface area contributed by atoms with Gasteiger partial charge >= 0.3 is 0 Å². The van der Waals surface area contributed by atoms with Crippen molar-refractivity contribution in [2.75, 3.05) is 11.9 Å². The molecule has 1 aromatic carbocycles. The van der Waals surface area contributed by atoms with Gasteiger partial charge in [-0.2, -0.15) is 0 Å². The molecular formula is C15H16N4O2S. The van der Waals surface area contributed by atoms with Crippen LogP contribution >= 0.6 is 11.3 Å². The fraction of sp³-hybridized carbons (Fsp3) is 0.333. The van der Waals surface area contributed by atoms with Gasteiger partial charge in [-0.1, -0.05) is 35.6 Å². The molecule has 1 aliphatic rings. The molecule has 6 nitrogen and oxygen atoms in total. The van der Waals surface area contributed by atoms with Crippen LogP contribution < -0.4 is 5.32 Å². The molecule has 0 fully saturated rings. The Labute approximate surface area is 132 Å². The van der Waals surface area contributed by atoms with Gasteiger partial charge in [0.1, 0.15) is 5.51 Å². The number of carbonyl (C=O) groups is 2. The van der Waals surface area contributed by atoms with E-state index >= 15 is 0 Å². The van der Waals surface area contributed by atoms with E-state index in [1.54, 1.807) is 17.3 Å². The summed E-state index contributed by atoms with van der Waals surface area (Å²) in [5.74, 6) is -0.173. The number of amides is 2. The zero-order valence-electron chi connectivity index (χ0n) is 12.2. The first-order valence-corrected chi connectivity index (χ1v) is 7.94. The van der Waals surface area contributed by atoms with Gasteiger partial charge in [0.15, 0.2) is 0 Å². The van der Waals surface area contributed by atoms with E-state index < -0.39 is 0 Å². The van der Waals surface area contributed by atoms with Crippen molar-refractivity contribution in [1.82, 2.24) is 15.1 Å². The molecule has 114 valence electrons. The molecule has 3 rings (SSSR count). The van der Waals surface area contributed by atoms with Crippen LogP contribution in [0.4, 0.5) is 5.13 Å². The van der Waals surface area contributed by atoms with Gasteiger partial charge in [0.05, 0.1) is 12.5 Å². The Balaban J connectivity index is 1.81. The van der Waals surface area contributed by atoms with Crippen molar-refractivity contribution in [3.05, 3.63) is 40.9 Å². The zero-order valence-corrected chi connectivity index (χ0v) is 13.0. The van der Waals surface area contributed by atoms with E-state index in [0.717, 1.165) is 12.0 Å². The van der Waals surface area contributed by atoms with Gasteiger partial charge in [0.25, 0.3) is 0 Å². The highest BCUT2D eigenvalue weighted by Gasteiger charge is 2.30. The maximum atomic E-state index is 12.2. The second kappa shape index (κ2) is 6.23. The Morgan fingerprint density at radius 2 is 2.23 bits per heavy atom. The van der Waals surface area contributed by atoms with E-state index in [2.05, 4.69) is 21.6 Å². The summed E-state index contributed by atoms with van der Waals surface area (Å²) in [6, 6.07) is 7.75. The summed E-state index contributed by atoms with van der Waals surface area (Å²) >= 11 is 1.27. The third kappa shape index (κ3) is 2.99. The highest BCUT2D eigenvalue weighted by atomic mass is 32.1. The normalized spacial score (nSPS) is 17.0. The van der Waals surface area contributed by atoms with Crippen molar-refractivity contribution in [2.45, 2.75) is 25.8 Å². The van der Waals surface area contributed by atoms with Gasteiger partial charge in [-0.3, -0.25) is 9.59 Å². The zero-order chi connectivity index (χ0) is 15.5. The Morgan fingerprint density at radius 3 is 2.95 bits per heavy atom. The molecule has 0 unspecified atom stereocenters. The Hall–Kier alpha value is -2.28. The van der Waals surface area contributed by atoms with Crippen molar-refractivity contribution in [3.63, 3.8) is 0 Å². The Morgan fingerprint density at radius 1 is 1.41 bits per heavy atom. The second-order valence-corrected chi connectivity index (χ2v) is 6.01. The van der Waals surface area contributed by atoms with Gasteiger partial charge in [-0.25, -0.2) is 0 Å². The molecule has 2 amide bonds. The van der Waals surface area contributed by atoms with Gasteiger partial charge < -0.3 is 10.2 Å². The van der Waals surface area contributed by atoms with Crippen LogP contribution in [0.2, 0.25) is 0 Å². The van der Waals surface area contributed by atoms with E-state index in [1.165, 1.54) is 16.9 Å². The van der Waals surface area contributed by atoms with E-state index in [4.69, 9.17) is 0 Å². The van der Waals surface area contributed by atoms with Gasteiger partial charge in [0.2, 0.25) is 16.9 Å². The summed E-state index contributed by atoms with van der Waals surface area (Å²) in [4.78, 5) is 25.9. The van der Waals surface area contributed by atoms with Gasteiger partial charge in [-0.15, -0.1) is 10.2 Å². The SMILES string of the molecule is CC(=O)N1CCc2ccccc2[C@H]1CC(=O)Nc1nncs1. The molecule has 7 heteroatoms. The molecule has 2 heterocycles. The minimum Gasteiger partial charge on any atom is -0.335 e. The predicted octanol–water partition coefficient (Wildman–Crippen LogP) is 2.01. The van der Waals surface area contributed by atoms with Crippen LogP contribution in [0.5, 0.6) is 0 Å². The third-order valence-electron chi connectivity index (χ3n) is 3.80. The summed E-state index contributed by atoms with van der Waals surface area (Å²) in [6.07, 6.45) is 1.04. The van der Waals surface area contributed by atoms with Crippen LogP contribution in [-0.2, 0) is 16.0 Å². The van der Waals surface area contributed by atoms with Gasteiger partial charge in [0, 0.05) is 13.5 Å². The third-order valence-corrected chi connectivity index (χ3v) is 4.41. The first-order valence-electron chi connectivity index (χ1n) is 7.06. The van der Waals surface area contributed by atoms with E-state index in [0.29, 0.717) is 11.7 Å². The molecule has 2 aromatic rings. The number of aromatic nitrogens is 2. The maximum Gasteiger partial charge on any atom is 0.228 e. The van der Waals surface area contributed by atoms with Gasteiger partial charge in [-0.05, 0) is 17.5 Å². The number of carbonyl (C=O) groups excluding carboxylic acids is 2. The van der Waals surface area contributed by atoms with Crippen molar-refractivity contribution in [2.24, 2.45) is 0 Å². The minimum absolute atomic E-state index is 0.0109. The molecule has 1 N–H and O–H groups in total. The maximum absolute atomic E-state index is 12.2. The number of nitrogens with zero attached hydrogens (tertiary/aromatic N) is 3. The lowest BCUT2D eigenvalue weighted by Crippen LogP contribution is -2.40. The smallest absolute Gasteiger partial charge is 0.228 e. The van der Waals surface area contributed by atoms with Crippen LogP contribution in [0.3, 0.4) is 0 Å². The lowest BCUT2D eigenvalue weighted by atomic mass is 9.90. The summed E-state index contributed by atoms with van der Waals surface area (Å²) in [6.45, 7) is 2.19. The minimum atomic E-state index is -0.227. The average molecular weight is 316 g/mol. The monoisotopic (exact) mass is 316 g/mol. The fourth-order valence-electron chi connectivity index (χ4n) is 2.82. The molecule has 0 saturated heterocycles. The lowest BCUT2D eigenvalue weighted by molar-refractivity contribution is -0.132. The molecule has 0 radical (unpaired) electrons. The topological polar surface area (TPSA) is 75.2 Å². The molecule has 0 spiro atoms. The highest BCUT2D eigenvalue weighted by Crippen LogP contribution is 2.32. The summed E-state index contributed by atoms with van der Waals surface area (Å²) in [5.41, 5.74) is 3.82. The predicted molar refractivity (Wildman–Crippen MR) is 83.4 cm³/mol. The number of nitrogens with one attached hydrogen (secondary N) is 1. The number of rotatable bonds is 3. The lowest BCUT2D eigenvalue weighted by Gasteiger charge is -2.36. The molecule has 0 saturated carbocycles. The van der Waals surface area contributed by atoms with Crippen molar-refractivity contribution in [3.8, 4) is 0 Å². The van der Waals surface area contributed by atoms with Crippen LogP contribution in [0.25, 0.3) is 0 Å². The van der Waals surface area contributed by atoms with Crippen molar-refractivity contribution >= 4 is 28.3 Å². The van der Waals surface area contributed by atoms with Crippen molar-refractivity contribution < 1.29 is 9.59 Å². The van der Waals surface area contributed by atoms with Crippen molar-refractivity contribution in [1.29, 1.82) is 0 Å². The summed E-state index contributed by atoms with van der Waals surface area (Å²) in [5, 5.41) is 10.7. The number of hydrogen-bond acceptors (Lipinski definition) is 5. The standard InChI is InChI=1S/C15H16N4O2S/c1-10(20)19-7-6-11-4-2-3-5-12(11)13(19)8-14(21)17-15-18-16-9-22-15/h2-5,9,13H,6-8H2,1H3,(H,17,18,21)/t13-/m1/s1. The molecular weight excluding hydrogens is 300 g/mol. The van der Waals surface area contributed by atoms with Crippen LogP contribution in [0, 0.1) is 0 Å². The largest absolute Gasteiger partial charge is 0.335 e. The quantitative estimate of drug-likeness (QED) is 0.940. The number of benzene rings is 1. The summed E-state index contributed by atoms with van der Waals surface area (Å²) in [7, 11) is 0. The number of hydrogen-bond donors (Lipinski definition) is 1. The second-order valence-electron chi connectivity index (χ2n) is 5.17. The molecule has 1 aromatic heterocycles. The number of anilines is 1. The molecule has 22 heavy (non-hydrogen) atoms. The highest BCUT2D eigenvalue weighted by molar-refractivity contribution is 7.13. The molecule has 1 atom stereocenters. The molecule has 0 bridgehead atoms. The number of fused-ring (bicyclic) bond motifs is 1. The van der Waals surface area contributed by atoms with Crippen LogP contribution in [0.1, 0.15) is 30.5 Å². The molecule has 1 aliphatic heterocycles. The summed E-state index contributed by atoms with van der Waals surface area (Å²) < 4.78 is 0. The first kappa shape index (κ1) is 14.6. The van der Waals surface area contributed by atoms with E-state index in [9.17, 15) is 9.59 Å². The Bertz CT molecular complexity index is 687.